The van der Waals surface area contributed by atoms with Crippen molar-refractivity contribution in [1.82, 2.24) is 0 Å². The molecule has 0 aliphatic carbocycles. The molecule has 0 aliphatic rings. The summed E-state index contributed by atoms with van der Waals surface area (Å²) in [4.78, 5) is 1.22. The summed E-state index contributed by atoms with van der Waals surface area (Å²) in [6.07, 6.45) is 2.06. The van der Waals surface area contributed by atoms with Crippen molar-refractivity contribution >= 4 is 23.3 Å². The first kappa shape index (κ1) is 14.3. The Bertz CT molecular complexity index is 596. The number of nitrogens with zero attached hydrogens (tertiary/aromatic N) is 1. The molecule has 0 saturated heterocycles. The molecule has 0 atom stereocenters. The lowest BCUT2D eigenvalue weighted by molar-refractivity contribution is 0.318. The highest BCUT2D eigenvalue weighted by Gasteiger charge is 2.01. The van der Waals surface area contributed by atoms with Gasteiger partial charge in [-0.05, 0) is 24.0 Å². The summed E-state index contributed by atoms with van der Waals surface area (Å²) in [6, 6.07) is 15.8. The Kier molecular flexibility index (Phi) is 4.90. The Morgan fingerprint density at radius 1 is 1.20 bits per heavy atom. The summed E-state index contributed by atoms with van der Waals surface area (Å²) in [6.45, 7) is 0.730. The second-order valence-electron chi connectivity index (χ2n) is 4.24. The average molecular weight is 287 g/mol. The molecular formula is C15H17N3OS. The van der Waals surface area contributed by atoms with Crippen LogP contribution in [0.2, 0.25) is 0 Å². The molecule has 2 aromatic rings. The molecule has 0 spiro atoms. The van der Waals surface area contributed by atoms with Crippen LogP contribution < -0.4 is 11.1 Å². The number of hydrogen-bond acceptors (Lipinski definition) is 4. The Labute approximate surface area is 122 Å². The molecule has 4 N–H and O–H groups in total. The van der Waals surface area contributed by atoms with Gasteiger partial charge in [-0.15, -0.1) is 11.8 Å². The average Bonchev–Trinajstić information content (AvgIpc) is 2.53. The lowest BCUT2D eigenvalue weighted by Crippen LogP contribution is -2.13. The minimum Gasteiger partial charge on any atom is -0.409 e. The van der Waals surface area contributed by atoms with Gasteiger partial charge in [-0.1, -0.05) is 41.6 Å². The van der Waals surface area contributed by atoms with Crippen molar-refractivity contribution in [2.45, 2.75) is 11.4 Å². The minimum atomic E-state index is 0.122. The van der Waals surface area contributed by atoms with Gasteiger partial charge in [-0.2, -0.15) is 0 Å². The third-order valence-corrected chi connectivity index (χ3v) is 3.74. The Balaban J connectivity index is 2.04. The molecule has 0 aromatic heterocycles. The fourth-order valence-electron chi connectivity index (χ4n) is 1.84. The zero-order chi connectivity index (χ0) is 14.4. The van der Waals surface area contributed by atoms with E-state index < -0.39 is 0 Å². The molecule has 20 heavy (non-hydrogen) atoms. The van der Waals surface area contributed by atoms with Crippen molar-refractivity contribution in [3.05, 3.63) is 59.7 Å². The van der Waals surface area contributed by atoms with Crippen LogP contribution in [0.25, 0.3) is 0 Å². The van der Waals surface area contributed by atoms with Crippen molar-refractivity contribution in [3.63, 3.8) is 0 Å². The fraction of sp³-hybridized carbons (Fsp3) is 0.133. The number of rotatable bonds is 5. The van der Waals surface area contributed by atoms with Crippen molar-refractivity contribution < 1.29 is 5.21 Å². The smallest absolute Gasteiger partial charge is 0.170 e. The second-order valence-corrected chi connectivity index (χ2v) is 5.08. The molecule has 0 bridgehead atoms. The zero-order valence-corrected chi connectivity index (χ0v) is 12.0. The van der Waals surface area contributed by atoms with Gasteiger partial charge in [-0.3, -0.25) is 0 Å². The maximum absolute atomic E-state index is 8.62. The summed E-state index contributed by atoms with van der Waals surface area (Å²) in [5.74, 6) is 0.122. The van der Waals surface area contributed by atoms with E-state index in [9.17, 15) is 0 Å². The predicted molar refractivity (Wildman–Crippen MR) is 84.5 cm³/mol. The van der Waals surface area contributed by atoms with Crippen LogP contribution in [-0.4, -0.2) is 17.3 Å². The minimum absolute atomic E-state index is 0.122. The van der Waals surface area contributed by atoms with E-state index in [1.807, 2.05) is 36.4 Å². The molecule has 0 radical (unpaired) electrons. The van der Waals surface area contributed by atoms with Gasteiger partial charge in [0.05, 0.1) is 0 Å². The Morgan fingerprint density at radius 3 is 2.55 bits per heavy atom. The third kappa shape index (κ3) is 3.45. The van der Waals surface area contributed by atoms with E-state index in [0.29, 0.717) is 5.56 Å². The van der Waals surface area contributed by atoms with Crippen LogP contribution in [0, 0.1) is 0 Å². The van der Waals surface area contributed by atoms with Gasteiger partial charge in [0.25, 0.3) is 0 Å². The molecule has 5 heteroatoms. The molecular weight excluding hydrogens is 270 g/mol. The van der Waals surface area contributed by atoms with Crippen LogP contribution in [0.3, 0.4) is 0 Å². The summed E-state index contributed by atoms with van der Waals surface area (Å²) in [5.41, 5.74) is 8.50. The van der Waals surface area contributed by atoms with Crippen LogP contribution in [0.1, 0.15) is 11.1 Å². The maximum atomic E-state index is 8.62. The van der Waals surface area contributed by atoms with Crippen LogP contribution in [0.15, 0.2) is 58.6 Å². The van der Waals surface area contributed by atoms with Gasteiger partial charge in [0.2, 0.25) is 0 Å². The van der Waals surface area contributed by atoms with E-state index in [4.69, 9.17) is 10.9 Å². The largest absolute Gasteiger partial charge is 0.409 e. The summed E-state index contributed by atoms with van der Waals surface area (Å²) in [7, 11) is 0. The van der Waals surface area contributed by atoms with Gasteiger partial charge in [0, 0.05) is 22.7 Å². The number of anilines is 1. The van der Waals surface area contributed by atoms with Crippen LogP contribution >= 0.6 is 11.8 Å². The van der Waals surface area contributed by atoms with E-state index >= 15 is 0 Å². The lowest BCUT2D eigenvalue weighted by atomic mass is 10.1. The first-order valence-corrected chi connectivity index (χ1v) is 7.41. The van der Waals surface area contributed by atoms with E-state index in [1.165, 1.54) is 4.90 Å². The lowest BCUT2D eigenvalue weighted by Gasteiger charge is -2.10. The summed E-state index contributed by atoms with van der Waals surface area (Å²) >= 11 is 1.72. The molecule has 0 fully saturated rings. The number of nitrogens with two attached hydrogens (primary N) is 1. The van der Waals surface area contributed by atoms with Crippen molar-refractivity contribution in [2.75, 3.05) is 11.6 Å². The van der Waals surface area contributed by atoms with Crippen molar-refractivity contribution in [3.8, 4) is 0 Å². The Hall–Kier alpha value is -2.14. The number of oxime groups is 1. The van der Waals surface area contributed by atoms with Gasteiger partial charge in [-0.25, -0.2) is 0 Å². The van der Waals surface area contributed by atoms with Gasteiger partial charge >= 0.3 is 0 Å². The van der Waals surface area contributed by atoms with Gasteiger partial charge in [0.15, 0.2) is 5.84 Å². The van der Waals surface area contributed by atoms with Gasteiger partial charge < -0.3 is 16.3 Å². The first-order valence-electron chi connectivity index (χ1n) is 6.18. The number of amidine groups is 1. The summed E-state index contributed by atoms with van der Waals surface area (Å²) < 4.78 is 0. The SMILES string of the molecule is CSc1ccccc1NCc1ccc(/C(N)=N/O)cc1. The highest BCUT2D eigenvalue weighted by Crippen LogP contribution is 2.25. The second kappa shape index (κ2) is 6.86. The number of thioether (sulfide) groups is 1. The van der Waals surface area contributed by atoms with E-state index in [0.717, 1.165) is 17.8 Å². The van der Waals surface area contributed by atoms with E-state index in [2.05, 4.69) is 28.9 Å². The summed E-state index contributed by atoms with van der Waals surface area (Å²) in [5, 5.41) is 15.0. The molecule has 0 unspecified atom stereocenters. The highest BCUT2D eigenvalue weighted by molar-refractivity contribution is 7.98. The van der Waals surface area contributed by atoms with Crippen LogP contribution in [0.4, 0.5) is 5.69 Å². The first-order chi connectivity index (χ1) is 9.74. The molecule has 0 amide bonds. The number of benzene rings is 2. The molecule has 104 valence electrons. The van der Waals surface area contributed by atoms with E-state index in [-0.39, 0.29) is 5.84 Å². The molecule has 2 rings (SSSR count). The van der Waals surface area contributed by atoms with Crippen molar-refractivity contribution in [2.24, 2.45) is 10.9 Å². The fourth-order valence-corrected chi connectivity index (χ4v) is 2.41. The Morgan fingerprint density at radius 2 is 1.90 bits per heavy atom. The molecule has 0 heterocycles. The predicted octanol–water partition coefficient (Wildman–Crippen LogP) is 3.12. The number of para-hydroxylation sites is 1. The monoisotopic (exact) mass is 287 g/mol. The topological polar surface area (TPSA) is 70.6 Å². The number of hydrogen-bond donors (Lipinski definition) is 3. The molecule has 4 nitrogen and oxygen atoms in total. The maximum Gasteiger partial charge on any atom is 0.170 e. The van der Waals surface area contributed by atoms with Crippen molar-refractivity contribution in [1.29, 1.82) is 0 Å². The van der Waals surface area contributed by atoms with Gasteiger partial charge in [0.1, 0.15) is 0 Å². The molecule has 2 aromatic carbocycles. The quantitative estimate of drug-likeness (QED) is 0.260. The van der Waals surface area contributed by atoms with Crippen LogP contribution in [0.5, 0.6) is 0 Å². The normalized spacial score (nSPS) is 11.3. The number of nitrogens with one attached hydrogen (secondary N) is 1. The molecule has 0 saturated carbocycles. The van der Waals surface area contributed by atoms with Crippen LogP contribution in [-0.2, 0) is 6.54 Å². The zero-order valence-electron chi connectivity index (χ0n) is 11.2. The standard InChI is InChI=1S/C15H17N3OS/c1-20-14-5-3-2-4-13(14)17-10-11-6-8-12(9-7-11)15(16)18-19/h2-9,17,19H,10H2,1H3,(H2,16,18). The molecule has 0 aliphatic heterocycles. The third-order valence-electron chi connectivity index (χ3n) is 2.95. The van der Waals surface area contributed by atoms with E-state index in [1.54, 1.807) is 11.8 Å². The highest BCUT2D eigenvalue weighted by atomic mass is 32.2.